The van der Waals surface area contributed by atoms with Crippen LogP contribution in [0.5, 0.6) is 0 Å². The van der Waals surface area contributed by atoms with Gasteiger partial charge in [-0.3, -0.25) is 0 Å². The summed E-state index contributed by atoms with van der Waals surface area (Å²) in [5.41, 5.74) is 1.39. The van der Waals surface area contributed by atoms with E-state index in [2.05, 4.69) is 35.8 Å². The maximum absolute atomic E-state index is 3.14. The van der Waals surface area contributed by atoms with E-state index in [0.29, 0.717) is 0 Å². The van der Waals surface area contributed by atoms with Crippen molar-refractivity contribution in [1.82, 2.24) is 10.2 Å². The number of nitrogens with one attached hydrogen (secondary N) is 1. The molecule has 0 aliphatic carbocycles. The van der Waals surface area contributed by atoms with Gasteiger partial charge in [0.2, 0.25) is 0 Å². The van der Waals surface area contributed by atoms with Crippen LogP contribution in [0.2, 0.25) is 0 Å². The number of rotatable bonds is 4. The predicted molar refractivity (Wildman–Crippen MR) is 54.5 cm³/mol. The van der Waals surface area contributed by atoms with Crippen LogP contribution < -0.4 is 5.32 Å². The van der Waals surface area contributed by atoms with Crippen molar-refractivity contribution in [1.29, 1.82) is 0 Å². The zero-order chi connectivity index (χ0) is 8.97. The lowest BCUT2D eigenvalue weighted by atomic mass is 10.3. The van der Waals surface area contributed by atoms with E-state index in [4.69, 9.17) is 0 Å². The molecule has 0 fully saturated rings. The highest BCUT2D eigenvalue weighted by molar-refractivity contribution is 7.10. The van der Waals surface area contributed by atoms with Crippen molar-refractivity contribution in [2.75, 3.05) is 21.1 Å². The summed E-state index contributed by atoms with van der Waals surface area (Å²) in [4.78, 5) is 3.62. The normalized spacial score (nSPS) is 11.0. The minimum absolute atomic E-state index is 0.976. The summed E-state index contributed by atoms with van der Waals surface area (Å²) in [7, 11) is 6.16. The zero-order valence-corrected chi connectivity index (χ0v) is 8.74. The van der Waals surface area contributed by atoms with E-state index in [1.165, 1.54) is 10.4 Å². The third-order valence-corrected chi connectivity index (χ3v) is 2.53. The van der Waals surface area contributed by atoms with E-state index >= 15 is 0 Å². The van der Waals surface area contributed by atoms with Gasteiger partial charge in [0, 0.05) is 18.0 Å². The molecule has 0 aromatic carbocycles. The molecular formula is C9H16N2S. The Labute approximate surface area is 78.2 Å². The molecule has 68 valence electrons. The van der Waals surface area contributed by atoms with Crippen molar-refractivity contribution in [3.8, 4) is 0 Å². The van der Waals surface area contributed by atoms with E-state index in [0.717, 1.165) is 13.1 Å². The van der Waals surface area contributed by atoms with Gasteiger partial charge in [0.25, 0.3) is 0 Å². The number of nitrogens with zero attached hydrogens (tertiary/aromatic N) is 1. The van der Waals surface area contributed by atoms with Gasteiger partial charge in [0.15, 0.2) is 0 Å². The van der Waals surface area contributed by atoms with Crippen LogP contribution in [0.15, 0.2) is 11.4 Å². The molecule has 1 N–H and O–H groups in total. The third kappa shape index (κ3) is 2.93. The summed E-state index contributed by atoms with van der Waals surface area (Å²) in [6.45, 7) is 2.03. The van der Waals surface area contributed by atoms with E-state index in [1.54, 1.807) is 0 Å². The van der Waals surface area contributed by atoms with Gasteiger partial charge in [0.1, 0.15) is 0 Å². The molecule has 0 bridgehead atoms. The van der Waals surface area contributed by atoms with Crippen LogP contribution in [-0.2, 0) is 13.1 Å². The Hall–Kier alpha value is -0.380. The monoisotopic (exact) mass is 184 g/mol. The van der Waals surface area contributed by atoms with Crippen molar-refractivity contribution >= 4 is 11.3 Å². The summed E-state index contributed by atoms with van der Waals surface area (Å²) in [6.07, 6.45) is 0. The summed E-state index contributed by atoms with van der Waals surface area (Å²) in [5, 5.41) is 5.36. The van der Waals surface area contributed by atoms with Crippen LogP contribution >= 0.6 is 11.3 Å². The molecule has 0 unspecified atom stereocenters. The van der Waals surface area contributed by atoms with Crippen LogP contribution in [-0.4, -0.2) is 26.0 Å². The molecule has 0 atom stereocenters. The fourth-order valence-corrected chi connectivity index (χ4v) is 2.12. The number of thiophene rings is 1. The lowest BCUT2D eigenvalue weighted by Crippen LogP contribution is -2.09. The summed E-state index contributed by atoms with van der Waals surface area (Å²) in [6, 6.07) is 2.27. The van der Waals surface area contributed by atoms with Crippen molar-refractivity contribution < 1.29 is 0 Å². The average Bonchev–Trinajstić information content (AvgIpc) is 2.36. The van der Waals surface area contributed by atoms with Crippen molar-refractivity contribution in [2.45, 2.75) is 13.1 Å². The molecule has 1 aromatic rings. The van der Waals surface area contributed by atoms with Crippen LogP contribution in [0.1, 0.15) is 10.4 Å². The zero-order valence-electron chi connectivity index (χ0n) is 7.92. The number of hydrogen-bond acceptors (Lipinski definition) is 3. The van der Waals surface area contributed by atoms with Crippen LogP contribution in [0, 0.1) is 0 Å². The quantitative estimate of drug-likeness (QED) is 0.763. The molecule has 3 heteroatoms. The maximum atomic E-state index is 3.14. The maximum Gasteiger partial charge on any atom is 0.0321 e. The van der Waals surface area contributed by atoms with Crippen LogP contribution in [0.4, 0.5) is 0 Å². The van der Waals surface area contributed by atoms with Crippen molar-refractivity contribution in [2.24, 2.45) is 0 Å². The predicted octanol–water partition coefficient (Wildman–Crippen LogP) is 1.53. The second kappa shape index (κ2) is 4.60. The lowest BCUT2D eigenvalue weighted by molar-refractivity contribution is 0.406. The highest BCUT2D eigenvalue weighted by Crippen LogP contribution is 2.15. The van der Waals surface area contributed by atoms with Gasteiger partial charge in [-0.25, -0.2) is 0 Å². The molecule has 0 radical (unpaired) electrons. The molecule has 12 heavy (non-hydrogen) atoms. The minimum atomic E-state index is 0.976. The molecule has 0 aliphatic heterocycles. The average molecular weight is 184 g/mol. The minimum Gasteiger partial charge on any atom is -0.316 e. The summed E-state index contributed by atoms with van der Waals surface area (Å²) >= 11 is 1.84. The van der Waals surface area contributed by atoms with E-state index in [-0.39, 0.29) is 0 Å². The first-order valence-electron chi connectivity index (χ1n) is 4.08. The third-order valence-electron chi connectivity index (χ3n) is 1.56. The molecule has 0 saturated carbocycles. The lowest BCUT2D eigenvalue weighted by Gasteiger charge is -2.05. The molecule has 1 aromatic heterocycles. The molecule has 0 amide bonds. The standard InChI is InChI=1S/C9H16N2S/c1-10-5-8-4-9(12-7-8)6-11(2)3/h4,7,10H,5-6H2,1-3H3. The largest absolute Gasteiger partial charge is 0.316 e. The Morgan fingerprint density at radius 3 is 2.83 bits per heavy atom. The second-order valence-electron chi connectivity index (χ2n) is 3.19. The van der Waals surface area contributed by atoms with Crippen molar-refractivity contribution in [3.63, 3.8) is 0 Å². The van der Waals surface area contributed by atoms with Gasteiger partial charge in [-0.2, -0.15) is 0 Å². The Bertz CT molecular complexity index is 230. The van der Waals surface area contributed by atoms with Crippen molar-refractivity contribution in [3.05, 3.63) is 21.9 Å². The first kappa shape index (κ1) is 9.71. The topological polar surface area (TPSA) is 15.3 Å². The first-order valence-corrected chi connectivity index (χ1v) is 4.96. The Morgan fingerprint density at radius 1 is 1.50 bits per heavy atom. The van der Waals surface area contributed by atoms with Crippen LogP contribution in [0.25, 0.3) is 0 Å². The molecule has 0 spiro atoms. The number of hydrogen-bond donors (Lipinski definition) is 1. The van der Waals surface area contributed by atoms with Gasteiger partial charge < -0.3 is 10.2 Å². The fourth-order valence-electron chi connectivity index (χ4n) is 1.12. The van der Waals surface area contributed by atoms with Gasteiger partial charge in [-0.1, -0.05) is 0 Å². The SMILES string of the molecule is CNCc1csc(CN(C)C)c1. The van der Waals surface area contributed by atoms with Gasteiger partial charge in [-0.15, -0.1) is 11.3 Å². The highest BCUT2D eigenvalue weighted by atomic mass is 32.1. The first-order chi connectivity index (χ1) is 5.72. The van der Waals surface area contributed by atoms with Gasteiger partial charge in [0.05, 0.1) is 0 Å². The molecule has 2 nitrogen and oxygen atoms in total. The summed E-state index contributed by atoms with van der Waals surface area (Å²) in [5.74, 6) is 0. The van der Waals surface area contributed by atoms with Gasteiger partial charge in [-0.05, 0) is 38.2 Å². The van der Waals surface area contributed by atoms with E-state index in [9.17, 15) is 0 Å². The molecular weight excluding hydrogens is 168 g/mol. The van der Waals surface area contributed by atoms with Crippen LogP contribution in [0.3, 0.4) is 0 Å². The van der Waals surface area contributed by atoms with E-state index in [1.807, 2.05) is 18.4 Å². The highest BCUT2D eigenvalue weighted by Gasteiger charge is 1.99. The fraction of sp³-hybridized carbons (Fsp3) is 0.556. The molecule has 1 heterocycles. The van der Waals surface area contributed by atoms with Gasteiger partial charge >= 0.3 is 0 Å². The molecule has 0 aliphatic rings. The molecule has 1 rings (SSSR count). The Balaban J connectivity index is 2.52. The van der Waals surface area contributed by atoms with E-state index < -0.39 is 0 Å². The summed E-state index contributed by atoms with van der Waals surface area (Å²) < 4.78 is 0. The Kier molecular flexibility index (Phi) is 3.72. The smallest absolute Gasteiger partial charge is 0.0321 e. The second-order valence-corrected chi connectivity index (χ2v) is 4.19. The Morgan fingerprint density at radius 2 is 2.25 bits per heavy atom. The molecule has 0 saturated heterocycles.